The molecule has 12 fully saturated rings. The largest absolute Gasteiger partial charge is 0.455 e. The first-order valence-electron chi connectivity index (χ1n) is 51.5. The van der Waals surface area contributed by atoms with Gasteiger partial charge in [-0.05, 0) is 277 Å². The predicted molar refractivity (Wildman–Crippen MR) is 561 cm³/mol. The Morgan fingerprint density at radius 3 is 0.804 bits per heavy atom. The molecule has 12 aliphatic carbocycles. The number of nitrogens with zero attached hydrogens (tertiary/aromatic N) is 9. The number of aromatic amines is 4. The maximum atomic E-state index is 14.5. The number of H-pyrrole nitrogens is 4. The lowest BCUT2D eigenvalue weighted by Gasteiger charge is -2.47. The minimum atomic E-state index is -0.705. The summed E-state index contributed by atoms with van der Waals surface area (Å²) >= 11 is 0. The predicted octanol–water partition coefficient (Wildman–Crippen LogP) is 30.5. The summed E-state index contributed by atoms with van der Waals surface area (Å²) in [6.07, 6.45) is 26.4. The van der Waals surface area contributed by atoms with Crippen molar-refractivity contribution in [1.82, 2.24) is 59.8 Å². The van der Waals surface area contributed by atoms with Crippen LogP contribution in [0.5, 0.6) is 34.5 Å². The Morgan fingerprint density at radius 1 is 0.284 bits per heavy atom. The zero-order valence-corrected chi connectivity index (χ0v) is 81.7. The molecule has 0 saturated heterocycles. The fourth-order valence-corrected chi connectivity index (χ4v) is 25.6. The van der Waals surface area contributed by atoms with E-state index in [1.165, 1.54) is 139 Å². The molecule has 8 atom stereocenters. The molecule has 0 radical (unpaired) electrons. The zero-order chi connectivity index (χ0) is 101. The smallest absolute Gasteiger partial charge is 0.271 e. The second-order valence-corrected chi connectivity index (χ2v) is 41.6. The van der Waals surface area contributed by atoms with Crippen LogP contribution in [-0.2, 0) is 0 Å². The monoisotopic (exact) mass is 1990 g/mol. The van der Waals surface area contributed by atoms with Crippen molar-refractivity contribution < 1.29 is 54.3 Å². The minimum Gasteiger partial charge on any atom is -0.455 e. The van der Waals surface area contributed by atoms with Crippen molar-refractivity contribution in [3.8, 4) is 80.0 Å². The van der Waals surface area contributed by atoms with Crippen LogP contribution >= 0.6 is 0 Å². The van der Waals surface area contributed by atoms with E-state index in [9.17, 15) is 45.2 Å². The van der Waals surface area contributed by atoms with Crippen LogP contribution < -0.4 is 35.5 Å². The SMILES string of the molecule is CC1C2CCC(CC2)C1Nc1nc(-c2c[nH]c3c(F)cc(F)cc23)nc2c(Oc3ccccc3)cccc12.C[C@@H]1C2CCC(CC2)[C@H]1Nc1nc(-c2c[nH]c3c(F)cc(F)cc23)nc2c(Oc3ccccc3)cccc12.C[C@H]1C2CCC(CC2)[C@@H]1Nc1nc(-c2c[nH]c3c(F)cc(F)cc23)nc2c(Oc3ccccc3)cccc12.C[C@H]1C2CCC(CC2)[C@@H]1Nc1nc(-c2c[nH]c3c(F)cc(F)cc23)nc2cc([N+](=O)[O-])ccc12. The van der Waals surface area contributed by atoms with E-state index in [0.29, 0.717) is 200 Å². The molecule has 750 valence electrons. The Hall–Kier alpha value is -15.6. The lowest BCUT2D eigenvalue weighted by atomic mass is 9.62. The second-order valence-electron chi connectivity index (χ2n) is 41.6. The van der Waals surface area contributed by atoms with Crippen LogP contribution in [-0.4, -0.2) is 88.9 Å². The number of fused-ring (bicyclic) bond motifs is 20. The summed E-state index contributed by atoms with van der Waals surface area (Å²) in [5, 5.41) is 31.2. The van der Waals surface area contributed by atoms with Gasteiger partial charge >= 0.3 is 0 Å². The number of halogens is 8. The molecule has 12 aliphatic rings. The molecule has 8 N–H and O–H groups in total. The highest BCUT2D eigenvalue weighted by Crippen LogP contribution is 2.53. The van der Waals surface area contributed by atoms with E-state index >= 15 is 0 Å². The van der Waals surface area contributed by atoms with Gasteiger partial charge in [-0.2, -0.15) is 0 Å². The Balaban J connectivity index is 0.000000105. The fraction of sp³-hybridized carbons (Fsp3) is 0.305. The molecule has 31 rings (SSSR count). The molecule has 2 unspecified atom stereocenters. The third kappa shape index (κ3) is 18.1. The summed E-state index contributed by atoms with van der Waals surface area (Å²) in [4.78, 5) is 61.6. The molecule has 30 heteroatoms. The molecule has 8 bridgehead atoms. The highest BCUT2D eigenvalue weighted by molar-refractivity contribution is 6.04. The highest BCUT2D eigenvalue weighted by Gasteiger charge is 2.46. The van der Waals surface area contributed by atoms with E-state index in [0.717, 1.165) is 75.6 Å². The first-order valence-corrected chi connectivity index (χ1v) is 51.5. The fourth-order valence-electron chi connectivity index (χ4n) is 25.6. The van der Waals surface area contributed by atoms with Crippen molar-refractivity contribution in [2.24, 2.45) is 71.0 Å². The number of hydrogen-bond donors (Lipinski definition) is 8. The summed E-state index contributed by atoms with van der Waals surface area (Å²) in [5.41, 5.74) is 5.14. The van der Waals surface area contributed by atoms with Crippen LogP contribution in [0.1, 0.15) is 130 Å². The number of benzene rings is 11. The van der Waals surface area contributed by atoms with E-state index in [1.807, 2.05) is 146 Å². The molecule has 8 aromatic heterocycles. The standard InChI is InChI=1S/3C31H28F2N4O.C25H23F2N5O2/c3*1-17-18-10-12-19(13-11-18)27(17)35-30-22-8-5-9-26(38-21-6-3-2-4-7-21)29(22)36-31(37-30)24-16-34-28-23(24)14-20(32)15-25(28)33;1-12-13-2-4-14(5-3-13)22(12)30-24-17-7-6-16(32(33)34)10-21(17)29-25(31-24)19-11-28-23-18(19)8-15(26)9-20(23)27/h3*2-9,14-19,27,34H,10-13H2,1H3,(H,35,36,37);6-14,22,28H,2-5H2,1H3,(H,29,30,31)/t2*17-,18?,19?,27+;;12-,13?,14?,22+/m10.0/s1. The van der Waals surface area contributed by atoms with E-state index in [4.69, 9.17) is 49.1 Å². The van der Waals surface area contributed by atoms with Crippen LogP contribution in [0, 0.1) is 128 Å². The number of aromatic nitrogens is 12. The van der Waals surface area contributed by atoms with Crippen molar-refractivity contribution in [3.63, 3.8) is 0 Å². The number of nitro groups is 1. The van der Waals surface area contributed by atoms with Gasteiger partial charge in [-0.25, -0.2) is 75.0 Å². The van der Waals surface area contributed by atoms with Crippen molar-refractivity contribution in [1.29, 1.82) is 0 Å². The van der Waals surface area contributed by atoms with Gasteiger partial charge in [0.1, 0.15) is 104 Å². The normalized spacial score (nSPS) is 23.0. The van der Waals surface area contributed by atoms with Gasteiger partial charge in [0.15, 0.2) is 40.5 Å². The van der Waals surface area contributed by atoms with Gasteiger partial charge in [0.05, 0.1) is 32.5 Å². The number of rotatable bonds is 19. The lowest BCUT2D eigenvalue weighted by Crippen LogP contribution is -2.47. The molecule has 0 spiro atoms. The summed E-state index contributed by atoms with van der Waals surface area (Å²) in [6, 6.07) is 60.5. The first kappa shape index (κ1) is 94.6. The number of nitro benzene ring substituents is 1. The van der Waals surface area contributed by atoms with Crippen LogP contribution in [0.3, 0.4) is 0 Å². The van der Waals surface area contributed by atoms with Crippen molar-refractivity contribution in [2.45, 2.75) is 155 Å². The zero-order valence-electron chi connectivity index (χ0n) is 81.7. The van der Waals surface area contributed by atoms with Crippen LogP contribution in [0.25, 0.3) is 133 Å². The average molecular weight is 2000 g/mol. The first-order chi connectivity index (χ1) is 72.0. The van der Waals surface area contributed by atoms with Gasteiger partial charge in [-0.3, -0.25) is 10.1 Å². The van der Waals surface area contributed by atoms with Gasteiger partial charge in [0.25, 0.3) is 5.69 Å². The van der Waals surface area contributed by atoms with Gasteiger partial charge in [0.2, 0.25) is 0 Å². The lowest BCUT2D eigenvalue weighted by molar-refractivity contribution is -0.384. The third-order valence-corrected chi connectivity index (χ3v) is 33.4. The second kappa shape index (κ2) is 39.3. The Kier molecular flexibility index (Phi) is 25.1. The average Bonchev–Trinajstić information content (AvgIpc) is 1.47. The number of ether oxygens (including phenoxy) is 3. The number of hydrogen-bond acceptors (Lipinski definition) is 17. The molecule has 148 heavy (non-hydrogen) atoms. The summed E-state index contributed by atoms with van der Waals surface area (Å²) in [5.74, 6) is 10.0. The third-order valence-electron chi connectivity index (χ3n) is 33.4. The minimum absolute atomic E-state index is 0.0794. The number of para-hydroxylation sites is 6. The summed E-state index contributed by atoms with van der Waals surface area (Å²) in [6.45, 7) is 9.29. The molecular formula is C118H107F8N17O5. The summed E-state index contributed by atoms with van der Waals surface area (Å²) < 4.78 is 133. The van der Waals surface area contributed by atoms with E-state index in [1.54, 1.807) is 30.9 Å². The van der Waals surface area contributed by atoms with E-state index in [2.05, 4.69) is 73.9 Å². The van der Waals surface area contributed by atoms with Gasteiger partial charge in [-0.15, -0.1) is 0 Å². The quantitative estimate of drug-likeness (QED) is 0.0212. The van der Waals surface area contributed by atoms with Crippen molar-refractivity contribution in [3.05, 3.63) is 294 Å². The number of nitrogens with one attached hydrogen (secondary N) is 8. The van der Waals surface area contributed by atoms with E-state index < -0.39 is 51.5 Å². The van der Waals surface area contributed by atoms with Crippen LogP contribution in [0.4, 0.5) is 64.1 Å². The van der Waals surface area contributed by atoms with Crippen LogP contribution in [0.2, 0.25) is 0 Å². The topological polar surface area (TPSA) is 285 Å². The number of anilines is 4. The molecule has 0 aliphatic heterocycles. The molecule has 8 heterocycles. The van der Waals surface area contributed by atoms with Gasteiger partial charge < -0.3 is 55.4 Å². The molecule has 22 nitrogen and oxygen atoms in total. The van der Waals surface area contributed by atoms with E-state index in [-0.39, 0.29) is 39.6 Å². The van der Waals surface area contributed by atoms with Gasteiger partial charge in [0, 0.05) is 151 Å². The summed E-state index contributed by atoms with van der Waals surface area (Å²) in [7, 11) is 0. The maximum absolute atomic E-state index is 14.5. The molecular weight excluding hydrogens is 1890 g/mol. The Morgan fingerprint density at radius 2 is 0.541 bits per heavy atom. The van der Waals surface area contributed by atoms with Crippen molar-refractivity contribution >= 4 is 116 Å². The molecule has 11 aromatic carbocycles. The number of non-ortho nitro benzene ring substituents is 1. The Labute approximate surface area is 846 Å². The van der Waals surface area contributed by atoms with Crippen molar-refractivity contribution in [2.75, 3.05) is 21.3 Å². The van der Waals surface area contributed by atoms with Gasteiger partial charge in [-0.1, -0.05) is 100 Å². The molecule has 12 saturated carbocycles. The maximum Gasteiger partial charge on any atom is 0.271 e. The van der Waals surface area contributed by atoms with Crippen LogP contribution in [0.15, 0.2) is 237 Å². The molecule has 19 aromatic rings. The Bertz CT molecular complexity index is 7700. The highest BCUT2D eigenvalue weighted by atomic mass is 19.2. The molecule has 0 amide bonds.